The Labute approximate surface area is 89.8 Å². The van der Waals surface area contributed by atoms with Crippen molar-refractivity contribution in [2.45, 2.75) is 0 Å². The minimum absolute atomic E-state index is 0.236. The number of ether oxygens (including phenoxy) is 1. The molecule has 1 aromatic heterocycles. The first-order chi connectivity index (χ1) is 7.13. The van der Waals surface area contributed by atoms with E-state index in [4.69, 9.17) is 11.6 Å². The van der Waals surface area contributed by atoms with Crippen LogP contribution in [0.1, 0.15) is 10.4 Å². The molecule has 0 radical (unpaired) electrons. The number of nitrogens with one attached hydrogen (secondary N) is 1. The van der Waals surface area contributed by atoms with Gasteiger partial charge in [0.15, 0.2) is 0 Å². The van der Waals surface area contributed by atoms with Gasteiger partial charge in [0.05, 0.1) is 23.2 Å². The van der Waals surface area contributed by atoms with E-state index in [9.17, 15) is 9.18 Å². The average Bonchev–Trinajstić information content (AvgIpc) is 2.60. The number of methoxy groups -OCH3 is 1. The average molecular weight is 228 g/mol. The van der Waals surface area contributed by atoms with Gasteiger partial charge in [-0.05, 0) is 12.1 Å². The molecular weight excluding hydrogens is 221 g/mol. The van der Waals surface area contributed by atoms with E-state index in [-0.39, 0.29) is 10.6 Å². The van der Waals surface area contributed by atoms with Gasteiger partial charge in [-0.1, -0.05) is 11.6 Å². The highest BCUT2D eigenvalue weighted by Gasteiger charge is 2.14. The number of hydrogen-bond donors (Lipinski definition) is 1. The molecule has 0 aliphatic rings. The summed E-state index contributed by atoms with van der Waals surface area (Å²) >= 11 is 5.80. The fourth-order valence-electron chi connectivity index (χ4n) is 1.43. The fraction of sp³-hybridized carbons (Fsp3) is 0.100. The SMILES string of the molecule is COC(=O)c1c[nH]c2c(Cl)cc(F)cc12. The summed E-state index contributed by atoms with van der Waals surface area (Å²) in [5.41, 5.74) is 0.798. The summed E-state index contributed by atoms with van der Waals surface area (Å²) in [5.74, 6) is -1.01. The van der Waals surface area contributed by atoms with Gasteiger partial charge in [-0.15, -0.1) is 0 Å². The molecule has 2 rings (SSSR count). The van der Waals surface area contributed by atoms with Gasteiger partial charge in [0.1, 0.15) is 5.82 Å². The number of benzene rings is 1. The molecule has 15 heavy (non-hydrogen) atoms. The normalized spacial score (nSPS) is 10.6. The Kier molecular flexibility index (Phi) is 2.36. The molecule has 0 saturated heterocycles. The summed E-state index contributed by atoms with van der Waals surface area (Å²) in [7, 11) is 1.27. The lowest BCUT2D eigenvalue weighted by Crippen LogP contribution is -1.99. The number of hydrogen-bond acceptors (Lipinski definition) is 2. The second-order valence-electron chi connectivity index (χ2n) is 3.00. The minimum Gasteiger partial charge on any atom is -0.465 e. The number of aromatic amines is 1. The van der Waals surface area contributed by atoms with Crippen LogP contribution in [0.3, 0.4) is 0 Å². The first-order valence-electron chi connectivity index (χ1n) is 4.18. The van der Waals surface area contributed by atoms with Crippen molar-refractivity contribution in [3.63, 3.8) is 0 Å². The van der Waals surface area contributed by atoms with Crippen LogP contribution in [0.5, 0.6) is 0 Å². The number of halogens is 2. The van der Waals surface area contributed by atoms with Crippen molar-refractivity contribution in [2.24, 2.45) is 0 Å². The van der Waals surface area contributed by atoms with Crippen LogP contribution in [-0.4, -0.2) is 18.1 Å². The molecule has 0 amide bonds. The molecule has 2 aromatic rings. The molecule has 0 saturated carbocycles. The summed E-state index contributed by atoms with van der Waals surface area (Å²) < 4.78 is 17.6. The summed E-state index contributed by atoms with van der Waals surface area (Å²) in [6, 6.07) is 2.42. The van der Waals surface area contributed by atoms with E-state index < -0.39 is 11.8 Å². The maximum Gasteiger partial charge on any atom is 0.340 e. The molecule has 0 aliphatic carbocycles. The number of H-pyrrole nitrogens is 1. The Bertz CT molecular complexity index is 535. The third-order valence-corrected chi connectivity index (χ3v) is 2.41. The molecule has 5 heteroatoms. The molecular formula is C10H7ClFNO2. The van der Waals surface area contributed by atoms with Crippen molar-refractivity contribution in [1.82, 2.24) is 4.98 Å². The van der Waals surface area contributed by atoms with Crippen LogP contribution in [0.15, 0.2) is 18.3 Å². The Morgan fingerprint density at radius 2 is 2.27 bits per heavy atom. The molecule has 1 aromatic carbocycles. The van der Waals surface area contributed by atoms with Crippen molar-refractivity contribution in [2.75, 3.05) is 7.11 Å². The van der Waals surface area contributed by atoms with Crippen molar-refractivity contribution in [1.29, 1.82) is 0 Å². The molecule has 78 valence electrons. The first-order valence-corrected chi connectivity index (χ1v) is 4.55. The Balaban J connectivity index is 2.74. The minimum atomic E-state index is -0.525. The van der Waals surface area contributed by atoms with Gasteiger partial charge in [0.25, 0.3) is 0 Å². The third kappa shape index (κ3) is 1.57. The highest BCUT2D eigenvalue weighted by Crippen LogP contribution is 2.27. The number of aromatic nitrogens is 1. The molecule has 0 aliphatic heterocycles. The molecule has 0 spiro atoms. The van der Waals surface area contributed by atoms with Gasteiger partial charge in [-0.2, -0.15) is 0 Å². The van der Waals surface area contributed by atoms with E-state index in [1.165, 1.54) is 25.4 Å². The molecule has 1 N–H and O–H groups in total. The molecule has 0 fully saturated rings. The van der Waals surface area contributed by atoms with E-state index in [1.807, 2.05) is 0 Å². The molecule has 0 unspecified atom stereocenters. The predicted octanol–water partition coefficient (Wildman–Crippen LogP) is 2.75. The van der Waals surface area contributed by atoms with Gasteiger partial charge in [-0.25, -0.2) is 9.18 Å². The lowest BCUT2D eigenvalue weighted by atomic mass is 10.2. The zero-order valence-electron chi connectivity index (χ0n) is 7.80. The van der Waals surface area contributed by atoms with Gasteiger partial charge < -0.3 is 9.72 Å². The van der Waals surface area contributed by atoms with Gasteiger partial charge in [0, 0.05) is 11.6 Å². The van der Waals surface area contributed by atoms with Gasteiger partial charge >= 0.3 is 5.97 Å². The molecule has 0 atom stereocenters. The molecule has 3 nitrogen and oxygen atoms in total. The standard InChI is InChI=1S/C10H7ClFNO2/c1-15-10(14)7-4-13-9-6(7)2-5(12)3-8(9)11/h2-4,13H,1H3. The van der Waals surface area contributed by atoms with Crippen molar-refractivity contribution >= 4 is 28.5 Å². The summed E-state index contributed by atoms with van der Waals surface area (Å²) in [5, 5.41) is 0.659. The van der Waals surface area contributed by atoms with Crippen LogP contribution in [-0.2, 0) is 4.74 Å². The second kappa shape index (κ2) is 3.55. The number of carbonyl (C=O) groups is 1. The first kappa shape index (κ1) is 9.98. The van der Waals surface area contributed by atoms with Crippen molar-refractivity contribution in [3.05, 3.63) is 34.7 Å². The van der Waals surface area contributed by atoms with Gasteiger partial charge in [0.2, 0.25) is 0 Å². The Morgan fingerprint density at radius 3 is 2.93 bits per heavy atom. The largest absolute Gasteiger partial charge is 0.465 e. The van der Waals surface area contributed by atoms with Crippen molar-refractivity contribution in [3.8, 4) is 0 Å². The summed E-state index contributed by atoms with van der Waals surface area (Å²) in [6.07, 6.45) is 1.45. The van der Waals surface area contributed by atoms with Crippen LogP contribution < -0.4 is 0 Å². The smallest absolute Gasteiger partial charge is 0.340 e. The van der Waals surface area contributed by atoms with Crippen LogP contribution in [0, 0.1) is 5.82 Å². The lowest BCUT2D eigenvalue weighted by molar-refractivity contribution is 0.0603. The number of esters is 1. The highest BCUT2D eigenvalue weighted by molar-refractivity contribution is 6.35. The lowest BCUT2D eigenvalue weighted by Gasteiger charge is -1.98. The maximum atomic E-state index is 13.1. The highest BCUT2D eigenvalue weighted by atomic mass is 35.5. The van der Waals surface area contributed by atoms with E-state index in [1.54, 1.807) is 0 Å². The maximum absolute atomic E-state index is 13.1. The summed E-state index contributed by atoms with van der Waals surface area (Å²) in [4.78, 5) is 14.1. The second-order valence-corrected chi connectivity index (χ2v) is 3.41. The Morgan fingerprint density at radius 1 is 1.53 bits per heavy atom. The fourth-order valence-corrected chi connectivity index (χ4v) is 1.69. The van der Waals surface area contributed by atoms with Crippen LogP contribution in [0.25, 0.3) is 10.9 Å². The van der Waals surface area contributed by atoms with E-state index in [0.29, 0.717) is 10.9 Å². The van der Waals surface area contributed by atoms with Crippen molar-refractivity contribution < 1.29 is 13.9 Å². The number of fused-ring (bicyclic) bond motifs is 1. The third-order valence-electron chi connectivity index (χ3n) is 2.11. The monoisotopic (exact) mass is 227 g/mol. The van der Waals surface area contributed by atoms with Crippen LogP contribution in [0.4, 0.5) is 4.39 Å². The van der Waals surface area contributed by atoms with E-state index in [0.717, 1.165) is 0 Å². The van der Waals surface area contributed by atoms with Crippen LogP contribution in [0.2, 0.25) is 5.02 Å². The van der Waals surface area contributed by atoms with Gasteiger partial charge in [-0.3, -0.25) is 0 Å². The quantitative estimate of drug-likeness (QED) is 0.762. The van der Waals surface area contributed by atoms with E-state index >= 15 is 0 Å². The zero-order valence-corrected chi connectivity index (χ0v) is 8.56. The van der Waals surface area contributed by atoms with Crippen LogP contribution >= 0.6 is 11.6 Å². The van der Waals surface area contributed by atoms with E-state index in [2.05, 4.69) is 9.72 Å². The summed E-state index contributed by atoms with van der Waals surface area (Å²) in [6.45, 7) is 0. The number of rotatable bonds is 1. The predicted molar refractivity (Wildman–Crippen MR) is 54.6 cm³/mol. The molecule has 0 bridgehead atoms. The zero-order chi connectivity index (χ0) is 11.0. The topological polar surface area (TPSA) is 42.1 Å². The Hall–Kier alpha value is -1.55. The molecule has 1 heterocycles. The number of carbonyl (C=O) groups excluding carboxylic acids is 1.